The van der Waals surface area contributed by atoms with Crippen molar-refractivity contribution in [3.63, 3.8) is 0 Å². The van der Waals surface area contributed by atoms with E-state index >= 15 is 0 Å². The van der Waals surface area contributed by atoms with Gasteiger partial charge in [-0.25, -0.2) is 9.59 Å². The van der Waals surface area contributed by atoms with Gasteiger partial charge >= 0.3 is 12.2 Å². The average molecular weight is 470 g/mol. The van der Waals surface area contributed by atoms with Gasteiger partial charge in [0.15, 0.2) is 0 Å². The highest BCUT2D eigenvalue weighted by molar-refractivity contribution is 5.96. The van der Waals surface area contributed by atoms with E-state index in [9.17, 15) is 14.4 Å². The minimum absolute atomic E-state index is 0.110. The average Bonchev–Trinajstić information content (AvgIpc) is 2.76. The molecule has 8 nitrogen and oxygen atoms in total. The summed E-state index contributed by atoms with van der Waals surface area (Å²) in [6, 6.07) is 16.0. The van der Waals surface area contributed by atoms with Crippen molar-refractivity contribution in [1.82, 2.24) is 10.6 Å². The lowest BCUT2D eigenvalue weighted by molar-refractivity contribution is -0.118. The van der Waals surface area contributed by atoms with Gasteiger partial charge in [-0.3, -0.25) is 4.79 Å². The highest BCUT2D eigenvalue weighted by atomic mass is 16.6. The summed E-state index contributed by atoms with van der Waals surface area (Å²) >= 11 is 0. The molecule has 184 valence electrons. The highest BCUT2D eigenvalue weighted by Gasteiger charge is 2.22. The quantitative estimate of drug-likeness (QED) is 0.428. The molecule has 3 amide bonds. The number of unbranched alkanes of at least 4 members (excludes halogenated alkanes) is 1. The second-order valence-corrected chi connectivity index (χ2v) is 9.04. The Hall–Kier alpha value is -3.55. The fraction of sp³-hybridized carbons (Fsp3) is 0.423. The third kappa shape index (κ3) is 10.8. The summed E-state index contributed by atoms with van der Waals surface area (Å²) in [5.74, 6) is -0.331. The molecule has 2 aromatic rings. The molecule has 0 aromatic heterocycles. The SMILES string of the molecule is Cc1cccc(NC(=O)[C@H](CCCCNC(=O)OC(C)(C)C)NC(=O)OCc2ccccc2)c1. The zero-order valence-electron chi connectivity index (χ0n) is 20.4. The number of ether oxygens (including phenoxy) is 2. The summed E-state index contributed by atoms with van der Waals surface area (Å²) in [5.41, 5.74) is 1.96. The number of nitrogens with one attached hydrogen (secondary N) is 3. The van der Waals surface area contributed by atoms with E-state index in [4.69, 9.17) is 9.47 Å². The van der Waals surface area contributed by atoms with Gasteiger partial charge in [0.1, 0.15) is 18.2 Å². The minimum atomic E-state index is -0.787. The fourth-order valence-corrected chi connectivity index (χ4v) is 3.11. The zero-order chi connectivity index (χ0) is 25.0. The van der Waals surface area contributed by atoms with Crippen molar-refractivity contribution in [2.24, 2.45) is 0 Å². The van der Waals surface area contributed by atoms with E-state index in [1.165, 1.54) is 0 Å². The predicted octanol–water partition coefficient (Wildman–Crippen LogP) is 4.92. The molecule has 0 aliphatic carbocycles. The Morgan fingerprint density at radius 1 is 0.941 bits per heavy atom. The number of alkyl carbamates (subject to hydrolysis) is 2. The Kier molecular flexibility index (Phi) is 10.4. The van der Waals surface area contributed by atoms with Crippen molar-refractivity contribution in [2.45, 2.75) is 65.2 Å². The van der Waals surface area contributed by atoms with Crippen LogP contribution >= 0.6 is 0 Å². The molecule has 3 N–H and O–H groups in total. The van der Waals surface area contributed by atoms with Crippen LogP contribution in [0.2, 0.25) is 0 Å². The summed E-state index contributed by atoms with van der Waals surface area (Å²) < 4.78 is 10.5. The fourth-order valence-electron chi connectivity index (χ4n) is 3.11. The van der Waals surface area contributed by atoms with Crippen LogP contribution in [0.1, 0.15) is 51.2 Å². The van der Waals surface area contributed by atoms with Crippen molar-refractivity contribution in [1.29, 1.82) is 0 Å². The molecule has 0 heterocycles. The molecule has 2 aromatic carbocycles. The van der Waals surface area contributed by atoms with Gasteiger partial charge in [-0.1, -0.05) is 42.5 Å². The van der Waals surface area contributed by atoms with E-state index in [-0.39, 0.29) is 12.5 Å². The van der Waals surface area contributed by atoms with E-state index < -0.39 is 23.8 Å². The van der Waals surface area contributed by atoms with Gasteiger partial charge in [0.05, 0.1) is 0 Å². The maximum Gasteiger partial charge on any atom is 0.408 e. The van der Waals surface area contributed by atoms with Crippen LogP contribution in [0.4, 0.5) is 15.3 Å². The van der Waals surface area contributed by atoms with Crippen LogP contribution in [0.25, 0.3) is 0 Å². The first-order valence-corrected chi connectivity index (χ1v) is 11.4. The molecule has 0 aliphatic rings. The molecular formula is C26H35N3O5. The first kappa shape index (κ1) is 26.7. The number of anilines is 1. The third-order valence-corrected chi connectivity index (χ3v) is 4.69. The zero-order valence-corrected chi connectivity index (χ0v) is 20.4. The summed E-state index contributed by atoms with van der Waals surface area (Å²) in [4.78, 5) is 37.0. The molecular weight excluding hydrogens is 434 g/mol. The van der Waals surface area contributed by atoms with Crippen molar-refractivity contribution >= 4 is 23.8 Å². The lowest BCUT2D eigenvalue weighted by atomic mass is 10.1. The molecule has 2 rings (SSSR count). The molecule has 0 saturated carbocycles. The van der Waals surface area contributed by atoms with Gasteiger partial charge < -0.3 is 25.4 Å². The maximum absolute atomic E-state index is 12.9. The van der Waals surface area contributed by atoms with Crippen molar-refractivity contribution in [3.05, 3.63) is 65.7 Å². The van der Waals surface area contributed by atoms with E-state index in [0.717, 1.165) is 11.1 Å². The van der Waals surface area contributed by atoms with Crippen LogP contribution in [0.3, 0.4) is 0 Å². The normalized spacial score (nSPS) is 11.8. The van der Waals surface area contributed by atoms with Gasteiger partial charge in [0.25, 0.3) is 0 Å². The van der Waals surface area contributed by atoms with Gasteiger partial charge in [-0.2, -0.15) is 0 Å². The van der Waals surface area contributed by atoms with Crippen LogP contribution < -0.4 is 16.0 Å². The lowest BCUT2D eigenvalue weighted by Gasteiger charge is -2.20. The Bertz CT molecular complexity index is 941. The number of amides is 3. The van der Waals surface area contributed by atoms with Gasteiger partial charge in [0.2, 0.25) is 5.91 Å². The molecule has 1 atom stereocenters. The van der Waals surface area contributed by atoms with Gasteiger partial charge in [0, 0.05) is 12.2 Å². The number of carbonyl (C=O) groups excluding carboxylic acids is 3. The van der Waals surface area contributed by atoms with Gasteiger partial charge in [-0.15, -0.1) is 0 Å². The van der Waals surface area contributed by atoms with Crippen LogP contribution in [0.15, 0.2) is 54.6 Å². The molecule has 0 fully saturated rings. The molecule has 0 spiro atoms. The van der Waals surface area contributed by atoms with Crippen molar-refractivity contribution in [3.8, 4) is 0 Å². The molecule has 0 saturated heterocycles. The number of rotatable bonds is 10. The minimum Gasteiger partial charge on any atom is -0.445 e. The Labute approximate surface area is 201 Å². The van der Waals surface area contributed by atoms with Crippen LogP contribution in [-0.4, -0.2) is 36.3 Å². The van der Waals surface area contributed by atoms with Crippen LogP contribution in [-0.2, 0) is 20.9 Å². The van der Waals surface area contributed by atoms with E-state index in [0.29, 0.717) is 31.5 Å². The summed E-state index contributed by atoms with van der Waals surface area (Å²) in [7, 11) is 0. The van der Waals surface area contributed by atoms with Gasteiger partial charge in [-0.05, 0) is 70.2 Å². The number of carbonyl (C=O) groups is 3. The Morgan fingerprint density at radius 2 is 1.68 bits per heavy atom. The van der Waals surface area contributed by atoms with Crippen molar-refractivity contribution in [2.75, 3.05) is 11.9 Å². The maximum atomic E-state index is 12.9. The molecule has 0 aliphatic heterocycles. The monoisotopic (exact) mass is 469 g/mol. The summed E-state index contributed by atoms with van der Waals surface area (Å²) in [6.45, 7) is 7.84. The van der Waals surface area contributed by atoms with E-state index in [1.807, 2.05) is 55.5 Å². The largest absolute Gasteiger partial charge is 0.445 e. The molecule has 0 bridgehead atoms. The third-order valence-electron chi connectivity index (χ3n) is 4.69. The number of hydrogen-bond donors (Lipinski definition) is 3. The highest BCUT2D eigenvalue weighted by Crippen LogP contribution is 2.12. The Balaban J connectivity index is 1.88. The standard InChI is InChI=1S/C26H35N3O5/c1-19-11-10-14-21(17-19)28-23(30)22(15-8-9-16-27-24(31)34-26(2,3)4)29-25(32)33-18-20-12-6-5-7-13-20/h5-7,10-14,17,22H,8-9,15-16,18H2,1-4H3,(H,27,31)(H,28,30)(H,29,32)/t22-/m0/s1. The molecule has 0 radical (unpaired) electrons. The first-order valence-electron chi connectivity index (χ1n) is 11.4. The molecule has 34 heavy (non-hydrogen) atoms. The first-order chi connectivity index (χ1) is 16.1. The van der Waals surface area contributed by atoms with Crippen LogP contribution in [0.5, 0.6) is 0 Å². The Morgan fingerprint density at radius 3 is 2.35 bits per heavy atom. The predicted molar refractivity (Wildman–Crippen MR) is 131 cm³/mol. The number of aryl methyl sites for hydroxylation is 1. The molecule has 0 unspecified atom stereocenters. The smallest absolute Gasteiger partial charge is 0.408 e. The van der Waals surface area contributed by atoms with E-state index in [2.05, 4.69) is 16.0 Å². The second kappa shape index (κ2) is 13.2. The number of hydrogen-bond acceptors (Lipinski definition) is 5. The summed E-state index contributed by atoms with van der Waals surface area (Å²) in [6.07, 6.45) is 0.451. The number of benzene rings is 2. The van der Waals surface area contributed by atoms with Crippen LogP contribution in [0, 0.1) is 6.92 Å². The van der Waals surface area contributed by atoms with Crippen molar-refractivity contribution < 1.29 is 23.9 Å². The lowest BCUT2D eigenvalue weighted by Crippen LogP contribution is -2.44. The topological polar surface area (TPSA) is 106 Å². The second-order valence-electron chi connectivity index (χ2n) is 9.04. The molecule has 8 heteroatoms. The van der Waals surface area contributed by atoms with E-state index in [1.54, 1.807) is 26.8 Å². The summed E-state index contributed by atoms with van der Waals surface area (Å²) in [5, 5.41) is 8.21.